The summed E-state index contributed by atoms with van der Waals surface area (Å²) in [7, 11) is 0. The molecule has 90 valence electrons. The molecule has 2 heterocycles. The molecular weight excluding hydrogens is 214 g/mol. The molecule has 0 aromatic rings. The van der Waals surface area contributed by atoms with Gasteiger partial charge in [0.25, 0.3) is 0 Å². The molecule has 6 nitrogen and oxygen atoms in total. The number of ether oxygens (including phenoxy) is 3. The molecule has 2 rings (SSSR count). The van der Waals surface area contributed by atoms with E-state index >= 15 is 0 Å². The summed E-state index contributed by atoms with van der Waals surface area (Å²) in [6, 6.07) is 0. The fourth-order valence-electron chi connectivity index (χ4n) is 1.83. The van der Waals surface area contributed by atoms with Gasteiger partial charge < -0.3 is 19.1 Å². The first-order valence-corrected chi connectivity index (χ1v) is 5.53. The fraction of sp³-hybridized carbons (Fsp3) is 0.800. The van der Waals surface area contributed by atoms with Crippen molar-refractivity contribution in [1.29, 1.82) is 0 Å². The summed E-state index contributed by atoms with van der Waals surface area (Å²) < 4.78 is 14.9. The second kappa shape index (κ2) is 5.27. The molecule has 1 N–H and O–H groups in total. The van der Waals surface area contributed by atoms with E-state index in [9.17, 15) is 9.59 Å². The molecule has 2 saturated heterocycles. The SMILES string of the molecule is O=C(C[NH+]1CCOCC1)OC1CCOC1=O. The van der Waals surface area contributed by atoms with Crippen molar-refractivity contribution in [2.45, 2.75) is 12.5 Å². The highest BCUT2D eigenvalue weighted by atomic mass is 16.6. The summed E-state index contributed by atoms with van der Waals surface area (Å²) in [6.07, 6.45) is -0.212. The Balaban J connectivity index is 1.72. The molecule has 0 radical (unpaired) electrons. The molecule has 0 saturated carbocycles. The number of nitrogens with one attached hydrogen (secondary N) is 1. The predicted molar refractivity (Wildman–Crippen MR) is 51.8 cm³/mol. The summed E-state index contributed by atoms with van der Waals surface area (Å²) >= 11 is 0. The maximum absolute atomic E-state index is 11.5. The van der Waals surface area contributed by atoms with E-state index in [-0.39, 0.29) is 5.97 Å². The summed E-state index contributed by atoms with van der Waals surface area (Å²) in [5, 5.41) is 0. The Kier molecular flexibility index (Phi) is 3.74. The molecule has 0 amide bonds. The van der Waals surface area contributed by atoms with E-state index in [1.807, 2.05) is 0 Å². The van der Waals surface area contributed by atoms with Gasteiger partial charge in [-0.2, -0.15) is 0 Å². The van der Waals surface area contributed by atoms with Crippen LogP contribution in [0.1, 0.15) is 6.42 Å². The van der Waals surface area contributed by atoms with Crippen LogP contribution >= 0.6 is 0 Å². The largest absolute Gasteiger partial charge is 0.463 e. The number of morpholine rings is 1. The van der Waals surface area contributed by atoms with Gasteiger partial charge in [0.1, 0.15) is 13.1 Å². The van der Waals surface area contributed by atoms with Crippen LogP contribution in [0.5, 0.6) is 0 Å². The van der Waals surface area contributed by atoms with E-state index in [4.69, 9.17) is 14.2 Å². The molecule has 0 spiro atoms. The number of quaternary nitrogens is 1. The Bertz CT molecular complexity index is 274. The minimum Gasteiger partial charge on any atom is -0.463 e. The van der Waals surface area contributed by atoms with Crippen molar-refractivity contribution in [3.63, 3.8) is 0 Å². The Morgan fingerprint density at radius 3 is 2.75 bits per heavy atom. The number of carbonyl (C=O) groups is 2. The average molecular weight is 230 g/mol. The van der Waals surface area contributed by atoms with Crippen LogP contribution in [-0.2, 0) is 23.8 Å². The maximum atomic E-state index is 11.5. The molecule has 1 unspecified atom stereocenters. The lowest BCUT2D eigenvalue weighted by Gasteiger charge is -2.23. The third kappa shape index (κ3) is 2.93. The number of cyclic esters (lactones) is 1. The highest BCUT2D eigenvalue weighted by Crippen LogP contribution is 2.09. The monoisotopic (exact) mass is 230 g/mol. The highest BCUT2D eigenvalue weighted by Gasteiger charge is 2.31. The zero-order chi connectivity index (χ0) is 11.4. The van der Waals surface area contributed by atoms with Crippen LogP contribution in [0.2, 0.25) is 0 Å². The fourth-order valence-corrected chi connectivity index (χ4v) is 1.83. The van der Waals surface area contributed by atoms with Gasteiger partial charge in [-0.05, 0) is 0 Å². The lowest BCUT2D eigenvalue weighted by atomic mass is 10.3. The van der Waals surface area contributed by atoms with Crippen LogP contribution in [0.3, 0.4) is 0 Å². The molecule has 1 atom stereocenters. The molecule has 2 aliphatic heterocycles. The van der Waals surface area contributed by atoms with Crippen LogP contribution in [0.15, 0.2) is 0 Å². The van der Waals surface area contributed by atoms with Crippen molar-refractivity contribution in [3.8, 4) is 0 Å². The highest BCUT2D eigenvalue weighted by molar-refractivity contribution is 5.80. The maximum Gasteiger partial charge on any atom is 0.362 e. The number of hydrogen-bond acceptors (Lipinski definition) is 5. The Morgan fingerprint density at radius 2 is 2.12 bits per heavy atom. The zero-order valence-corrected chi connectivity index (χ0v) is 9.07. The Labute approximate surface area is 93.4 Å². The molecule has 0 bridgehead atoms. The minimum atomic E-state index is -0.687. The van der Waals surface area contributed by atoms with E-state index in [2.05, 4.69) is 0 Å². The topological polar surface area (TPSA) is 66.3 Å². The molecule has 2 aliphatic rings. The van der Waals surface area contributed by atoms with Crippen molar-refractivity contribution in [3.05, 3.63) is 0 Å². The number of rotatable bonds is 3. The second-order valence-electron chi connectivity index (χ2n) is 3.97. The first-order chi connectivity index (χ1) is 7.75. The van der Waals surface area contributed by atoms with Gasteiger partial charge in [0.2, 0.25) is 6.10 Å². The molecule has 2 fully saturated rings. The van der Waals surface area contributed by atoms with E-state index in [0.29, 0.717) is 32.8 Å². The standard InChI is InChI=1S/C10H15NO5/c12-9(7-11-2-5-14-6-3-11)16-8-1-4-15-10(8)13/h8H,1-7H2/p+1. The first kappa shape index (κ1) is 11.3. The Morgan fingerprint density at radius 1 is 1.38 bits per heavy atom. The van der Waals surface area contributed by atoms with Crippen molar-refractivity contribution in [2.24, 2.45) is 0 Å². The van der Waals surface area contributed by atoms with Crippen molar-refractivity contribution < 1.29 is 28.7 Å². The van der Waals surface area contributed by atoms with Crippen molar-refractivity contribution in [1.82, 2.24) is 0 Å². The normalized spacial score (nSPS) is 26.5. The third-order valence-corrected chi connectivity index (χ3v) is 2.76. The van der Waals surface area contributed by atoms with Crippen LogP contribution in [0.25, 0.3) is 0 Å². The van der Waals surface area contributed by atoms with E-state index in [1.165, 1.54) is 0 Å². The average Bonchev–Trinajstić information content (AvgIpc) is 2.66. The van der Waals surface area contributed by atoms with Crippen molar-refractivity contribution >= 4 is 11.9 Å². The summed E-state index contributed by atoms with van der Waals surface area (Å²) in [4.78, 5) is 23.7. The van der Waals surface area contributed by atoms with Crippen LogP contribution in [-0.4, -0.2) is 57.5 Å². The van der Waals surface area contributed by atoms with Crippen LogP contribution < -0.4 is 4.90 Å². The summed E-state index contributed by atoms with van der Waals surface area (Å²) in [6.45, 7) is 3.62. The molecule has 0 aromatic heterocycles. The predicted octanol–water partition coefficient (Wildman–Crippen LogP) is -2.24. The first-order valence-electron chi connectivity index (χ1n) is 5.53. The minimum absolute atomic E-state index is 0.299. The molecular formula is C10H16NO5+. The smallest absolute Gasteiger partial charge is 0.362 e. The Hall–Kier alpha value is -1.14. The van der Waals surface area contributed by atoms with E-state index in [0.717, 1.165) is 18.0 Å². The zero-order valence-electron chi connectivity index (χ0n) is 9.07. The molecule has 0 aromatic carbocycles. The quantitative estimate of drug-likeness (QED) is 0.555. The van der Waals surface area contributed by atoms with Crippen LogP contribution in [0, 0.1) is 0 Å². The second-order valence-corrected chi connectivity index (χ2v) is 3.97. The van der Waals surface area contributed by atoms with Crippen molar-refractivity contribution in [2.75, 3.05) is 39.5 Å². The lowest BCUT2D eigenvalue weighted by Crippen LogP contribution is -3.15. The lowest BCUT2D eigenvalue weighted by molar-refractivity contribution is -0.900. The van der Waals surface area contributed by atoms with E-state index in [1.54, 1.807) is 0 Å². The van der Waals surface area contributed by atoms with Gasteiger partial charge >= 0.3 is 11.9 Å². The van der Waals surface area contributed by atoms with Gasteiger partial charge in [0.05, 0.1) is 19.8 Å². The van der Waals surface area contributed by atoms with Gasteiger partial charge in [-0.15, -0.1) is 0 Å². The molecule has 6 heteroatoms. The molecule has 16 heavy (non-hydrogen) atoms. The summed E-state index contributed by atoms with van der Waals surface area (Å²) in [5.41, 5.74) is 0. The number of hydrogen-bond donors (Lipinski definition) is 1. The van der Waals surface area contributed by atoms with Gasteiger partial charge in [0.15, 0.2) is 6.54 Å². The van der Waals surface area contributed by atoms with E-state index < -0.39 is 12.1 Å². The number of esters is 2. The van der Waals surface area contributed by atoms with Gasteiger partial charge in [0, 0.05) is 6.42 Å². The van der Waals surface area contributed by atoms with Crippen LogP contribution in [0.4, 0.5) is 0 Å². The molecule has 0 aliphatic carbocycles. The van der Waals surface area contributed by atoms with Gasteiger partial charge in [-0.25, -0.2) is 9.59 Å². The summed E-state index contributed by atoms with van der Waals surface area (Å²) in [5.74, 6) is -0.758. The number of carbonyl (C=O) groups excluding carboxylic acids is 2. The van der Waals surface area contributed by atoms with Gasteiger partial charge in [-0.3, -0.25) is 0 Å². The van der Waals surface area contributed by atoms with Gasteiger partial charge in [-0.1, -0.05) is 0 Å². The third-order valence-electron chi connectivity index (χ3n) is 2.76.